The summed E-state index contributed by atoms with van der Waals surface area (Å²) in [5.41, 5.74) is -0.995. The number of benzene rings is 1. The Kier molecular flexibility index (Phi) is 12.1. The molecular weight excluding hydrogens is 598 g/mol. The van der Waals surface area contributed by atoms with Crippen LogP contribution in [0.3, 0.4) is 0 Å². The predicted molar refractivity (Wildman–Crippen MR) is 143 cm³/mol. The molecule has 15 atom stereocenters. The van der Waals surface area contributed by atoms with Crippen LogP contribution in [0.4, 0.5) is 0 Å². The first-order chi connectivity index (χ1) is 20.5. The summed E-state index contributed by atoms with van der Waals surface area (Å²) in [6.45, 7) is -1.07. The molecule has 0 bridgehead atoms. The Morgan fingerprint density at radius 1 is 0.721 bits per heavy atom. The second-order valence-corrected chi connectivity index (χ2v) is 11.7. The monoisotopic (exact) mass is 637 g/mol. The largest absolute Gasteiger partial charge is 0.394 e. The lowest BCUT2D eigenvalue weighted by Crippen LogP contribution is -2.68. The highest BCUT2D eigenvalue weighted by atomic mass is 32.2. The molecule has 3 aliphatic heterocycles. The van der Waals surface area contributed by atoms with Crippen molar-refractivity contribution >= 4 is 17.7 Å². The lowest BCUT2D eigenvalue weighted by molar-refractivity contribution is -0.364. The maximum Gasteiger partial charge on any atom is 0.217 e. The summed E-state index contributed by atoms with van der Waals surface area (Å²) in [7, 11) is 0. The number of carbonyl (C=O) groups is 1. The number of rotatable bonds is 10. The topological polar surface area (TPSA) is 257 Å². The molecular formula is C26H39NO15S. The van der Waals surface area contributed by atoms with E-state index in [1.807, 2.05) is 0 Å². The van der Waals surface area contributed by atoms with Gasteiger partial charge in [-0.3, -0.25) is 4.79 Å². The van der Waals surface area contributed by atoms with Crippen LogP contribution in [0.1, 0.15) is 6.92 Å². The molecule has 0 unspecified atom stereocenters. The van der Waals surface area contributed by atoms with Gasteiger partial charge in [-0.2, -0.15) is 0 Å². The van der Waals surface area contributed by atoms with E-state index in [1.54, 1.807) is 30.3 Å². The number of aliphatic hydroxyl groups is 9. The molecule has 0 aliphatic carbocycles. The van der Waals surface area contributed by atoms with Gasteiger partial charge in [-0.1, -0.05) is 30.0 Å². The van der Waals surface area contributed by atoms with Crippen LogP contribution in [-0.2, 0) is 28.5 Å². The van der Waals surface area contributed by atoms with Gasteiger partial charge in [-0.25, -0.2) is 0 Å². The lowest BCUT2D eigenvalue weighted by Gasteiger charge is -2.48. The Morgan fingerprint density at radius 3 is 1.91 bits per heavy atom. The summed E-state index contributed by atoms with van der Waals surface area (Å²) in [4.78, 5) is 12.5. The van der Waals surface area contributed by atoms with Crippen LogP contribution >= 0.6 is 11.8 Å². The van der Waals surface area contributed by atoms with E-state index in [2.05, 4.69) is 5.32 Å². The zero-order valence-electron chi connectivity index (χ0n) is 23.1. The lowest BCUT2D eigenvalue weighted by atomic mass is 9.95. The fraction of sp³-hybridized carbons (Fsp3) is 0.731. The van der Waals surface area contributed by atoms with Crippen LogP contribution in [-0.4, -0.2) is 163 Å². The number of hydrogen-bond acceptors (Lipinski definition) is 16. The van der Waals surface area contributed by atoms with Crippen molar-refractivity contribution < 1.29 is 74.4 Å². The minimum Gasteiger partial charge on any atom is -0.394 e. The number of carbonyl (C=O) groups excluding carboxylic acids is 1. The zero-order valence-corrected chi connectivity index (χ0v) is 23.9. The van der Waals surface area contributed by atoms with E-state index in [9.17, 15) is 50.8 Å². The molecule has 0 aromatic heterocycles. The first kappa shape index (κ1) is 34.4. The summed E-state index contributed by atoms with van der Waals surface area (Å²) in [5.74, 6) is -0.637. The molecule has 3 aliphatic rings. The average Bonchev–Trinajstić information content (AvgIpc) is 2.99. The number of hydrogen-bond donors (Lipinski definition) is 10. The van der Waals surface area contributed by atoms with Crippen molar-refractivity contribution in [3.8, 4) is 0 Å². The Balaban J connectivity index is 1.52. The van der Waals surface area contributed by atoms with E-state index < -0.39 is 117 Å². The van der Waals surface area contributed by atoms with Gasteiger partial charge in [0.25, 0.3) is 0 Å². The fourth-order valence-electron chi connectivity index (χ4n) is 5.17. The maximum atomic E-state index is 11.8. The third-order valence-corrected chi connectivity index (χ3v) is 8.64. The van der Waals surface area contributed by atoms with Gasteiger partial charge >= 0.3 is 0 Å². The third kappa shape index (κ3) is 7.66. The smallest absolute Gasteiger partial charge is 0.217 e. The van der Waals surface area contributed by atoms with Gasteiger partial charge < -0.3 is 75.0 Å². The SMILES string of the molecule is CC(=O)N[C@H]1[C@H](O[C@H]2[C@@H](O)[C@@H](CO)O[C@@H](O[C@H]3[C@H](O)[C@@H](O)[C@H](Sc4ccccc4)O[C@@H]3CO)[C@@H]2O)O[C@H](CO)[C@@H](O)[C@@H]1O. The highest BCUT2D eigenvalue weighted by Crippen LogP contribution is 2.36. The number of aliphatic hydroxyl groups excluding tert-OH is 9. The van der Waals surface area contributed by atoms with Crippen molar-refractivity contribution in [2.24, 2.45) is 0 Å². The number of amides is 1. The molecule has 4 rings (SSSR count). The maximum absolute atomic E-state index is 11.8. The fourth-order valence-corrected chi connectivity index (χ4v) is 6.26. The van der Waals surface area contributed by atoms with E-state index >= 15 is 0 Å². The molecule has 0 spiro atoms. The molecule has 1 aromatic rings. The molecule has 1 aromatic carbocycles. The van der Waals surface area contributed by atoms with Crippen LogP contribution < -0.4 is 5.32 Å². The van der Waals surface area contributed by atoms with Crippen LogP contribution in [0.25, 0.3) is 0 Å². The van der Waals surface area contributed by atoms with Gasteiger partial charge in [0.15, 0.2) is 12.6 Å². The molecule has 0 radical (unpaired) electrons. The molecule has 3 fully saturated rings. The van der Waals surface area contributed by atoms with Crippen LogP contribution in [0.15, 0.2) is 35.2 Å². The Hall–Kier alpha value is -1.52. The normalized spacial score (nSPS) is 43.7. The Bertz CT molecular complexity index is 1030. The Morgan fingerprint density at radius 2 is 1.30 bits per heavy atom. The van der Waals surface area contributed by atoms with Gasteiger partial charge in [0.05, 0.1) is 19.8 Å². The van der Waals surface area contributed by atoms with Gasteiger partial charge in [0.1, 0.15) is 78.6 Å². The highest BCUT2D eigenvalue weighted by molar-refractivity contribution is 7.99. The molecule has 0 saturated carbocycles. The van der Waals surface area contributed by atoms with E-state index in [0.29, 0.717) is 0 Å². The zero-order chi connectivity index (χ0) is 31.4. The van der Waals surface area contributed by atoms with Crippen molar-refractivity contribution in [2.75, 3.05) is 19.8 Å². The van der Waals surface area contributed by atoms with Crippen LogP contribution in [0.2, 0.25) is 0 Å². The van der Waals surface area contributed by atoms with E-state index in [1.165, 1.54) is 0 Å². The van der Waals surface area contributed by atoms with E-state index in [0.717, 1.165) is 23.6 Å². The molecule has 1 amide bonds. The summed E-state index contributed by atoms with van der Waals surface area (Å²) in [6.07, 6.45) is -20.6. The van der Waals surface area contributed by atoms with Gasteiger partial charge in [0.2, 0.25) is 5.91 Å². The number of thioether (sulfide) groups is 1. The predicted octanol–water partition coefficient (Wildman–Crippen LogP) is -4.63. The third-order valence-electron chi connectivity index (χ3n) is 7.47. The summed E-state index contributed by atoms with van der Waals surface area (Å²) >= 11 is 1.11. The van der Waals surface area contributed by atoms with Gasteiger partial charge in [-0.05, 0) is 12.1 Å². The first-order valence-corrected chi connectivity index (χ1v) is 14.6. The van der Waals surface area contributed by atoms with Crippen LogP contribution in [0, 0.1) is 0 Å². The van der Waals surface area contributed by atoms with Crippen molar-refractivity contribution in [3.63, 3.8) is 0 Å². The first-order valence-electron chi connectivity index (χ1n) is 13.7. The molecule has 43 heavy (non-hydrogen) atoms. The molecule has 10 N–H and O–H groups in total. The van der Waals surface area contributed by atoms with Gasteiger partial charge in [-0.15, -0.1) is 0 Å². The highest BCUT2D eigenvalue weighted by Gasteiger charge is 2.54. The second kappa shape index (κ2) is 15.2. The van der Waals surface area contributed by atoms with Crippen molar-refractivity contribution in [3.05, 3.63) is 30.3 Å². The summed E-state index contributed by atoms with van der Waals surface area (Å²) in [6, 6.07) is 7.48. The standard InChI is InChI=1S/C26H39NO15S/c1-10(31)27-15-18(34)16(32)12(7-28)38-24(15)42-23-17(33)13(8-29)39-25(21(23)37)41-22-14(9-30)40-26(20(36)19(22)35)43-11-5-3-2-4-6-11/h2-6,12-26,28-30,32-37H,7-9H2,1H3,(H,27,31)/t12-,13-,14-,15-,16-,17+,18-,19-,20-,21-,22-,23+,24+,25+,26+/m1/s1. The summed E-state index contributed by atoms with van der Waals surface area (Å²) < 4.78 is 28.4. The quantitative estimate of drug-likeness (QED) is 0.116. The molecule has 3 saturated heterocycles. The summed E-state index contributed by atoms with van der Waals surface area (Å²) in [5, 5.41) is 96.4. The van der Waals surface area contributed by atoms with E-state index in [-0.39, 0.29) is 0 Å². The van der Waals surface area contributed by atoms with Crippen molar-refractivity contribution in [1.29, 1.82) is 0 Å². The van der Waals surface area contributed by atoms with Crippen molar-refractivity contribution in [2.45, 2.75) is 103 Å². The molecule has 3 heterocycles. The molecule has 16 nitrogen and oxygen atoms in total. The molecule has 17 heteroatoms. The minimum atomic E-state index is -1.88. The van der Waals surface area contributed by atoms with Crippen LogP contribution in [0.5, 0.6) is 0 Å². The van der Waals surface area contributed by atoms with E-state index in [4.69, 9.17) is 23.7 Å². The molecule has 244 valence electrons. The Labute approximate surface area is 250 Å². The number of nitrogens with one attached hydrogen (secondary N) is 1. The van der Waals surface area contributed by atoms with Gasteiger partial charge in [0, 0.05) is 11.8 Å². The minimum absolute atomic E-state index is 0.637. The number of ether oxygens (including phenoxy) is 5. The van der Waals surface area contributed by atoms with Crippen molar-refractivity contribution in [1.82, 2.24) is 5.32 Å². The average molecular weight is 638 g/mol. The second-order valence-electron chi connectivity index (χ2n) is 10.5.